The summed E-state index contributed by atoms with van der Waals surface area (Å²) >= 11 is 0. The molecule has 0 bridgehead atoms. The number of hydrogen-bond donors (Lipinski definition) is 1. The number of benzene rings is 3. The molecule has 0 spiro atoms. The van der Waals surface area contributed by atoms with Gasteiger partial charge in [-0.05, 0) is 47.7 Å². The van der Waals surface area contributed by atoms with Crippen LogP contribution in [0, 0.1) is 11.3 Å². The van der Waals surface area contributed by atoms with Crippen LogP contribution in [0.2, 0.25) is 0 Å². The van der Waals surface area contributed by atoms with Crippen molar-refractivity contribution < 1.29 is 14.3 Å². The highest BCUT2D eigenvalue weighted by molar-refractivity contribution is 6.01. The number of carbonyl (C=O) groups excluding carboxylic acids is 1. The Morgan fingerprint density at radius 2 is 1.87 bits per heavy atom. The Kier molecular flexibility index (Phi) is 6.36. The second kappa shape index (κ2) is 9.70. The normalized spacial score (nSPS) is 10.7. The van der Waals surface area contributed by atoms with Crippen LogP contribution in [0.15, 0.2) is 73.1 Å². The second-order valence-electron chi connectivity index (χ2n) is 7.02. The largest absolute Gasteiger partial charge is 0.435 e. The highest BCUT2D eigenvalue weighted by Crippen LogP contribution is 2.23. The highest BCUT2D eigenvalue weighted by Gasteiger charge is 2.13. The van der Waals surface area contributed by atoms with E-state index in [1.807, 2.05) is 42.5 Å². The Hall–Kier alpha value is -3.95. The van der Waals surface area contributed by atoms with Gasteiger partial charge >= 0.3 is 5.97 Å². The summed E-state index contributed by atoms with van der Waals surface area (Å²) in [5, 5.41) is 9.26. The summed E-state index contributed by atoms with van der Waals surface area (Å²) in [5.41, 5.74) is 5.61. The highest BCUT2D eigenvalue weighted by atomic mass is 16.7. The fourth-order valence-electron chi connectivity index (χ4n) is 3.42. The fourth-order valence-corrected chi connectivity index (χ4v) is 3.42. The molecule has 0 aliphatic carbocycles. The van der Waals surface area contributed by atoms with Gasteiger partial charge in [-0.1, -0.05) is 48.5 Å². The van der Waals surface area contributed by atoms with Crippen LogP contribution in [0.3, 0.4) is 0 Å². The van der Waals surface area contributed by atoms with Gasteiger partial charge in [-0.2, -0.15) is 5.26 Å². The number of rotatable bonds is 8. The third-order valence-corrected chi connectivity index (χ3v) is 5.01. The lowest BCUT2D eigenvalue weighted by atomic mass is 9.98. The molecule has 0 amide bonds. The van der Waals surface area contributed by atoms with Gasteiger partial charge in [0.15, 0.2) is 6.79 Å². The van der Waals surface area contributed by atoms with E-state index in [0.29, 0.717) is 23.3 Å². The molecule has 0 radical (unpaired) electrons. The standard InChI is InChI=1S/C25H21N3O3/c26-15-20-6-1-2-7-21(20)19-12-10-18(11-13-19)5-4-14-30-17-31-25(29)22-8-3-9-23-24(22)28-16-27-23/h1-3,6-13,16H,4-5,14,17H2,(H,27,28). The predicted octanol–water partition coefficient (Wildman–Crippen LogP) is 4.87. The lowest BCUT2D eigenvalue weighted by molar-refractivity contribution is -0.0317. The number of aromatic amines is 1. The van der Waals surface area contributed by atoms with Crippen molar-refractivity contribution in [2.75, 3.05) is 13.4 Å². The summed E-state index contributed by atoms with van der Waals surface area (Å²) in [4.78, 5) is 19.4. The SMILES string of the molecule is N#Cc1ccccc1-c1ccc(CCCOCOC(=O)c2cccc3[nH]cnc23)cc1. The number of nitriles is 1. The quantitative estimate of drug-likeness (QED) is 0.254. The van der Waals surface area contributed by atoms with Gasteiger partial charge in [-0.3, -0.25) is 0 Å². The number of fused-ring (bicyclic) bond motifs is 1. The van der Waals surface area contributed by atoms with E-state index < -0.39 is 5.97 Å². The van der Waals surface area contributed by atoms with Crippen molar-refractivity contribution in [2.24, 2.45) is 0 Å². The van der Waals surface area contributed by atoms with Crippen molar-refractivity contribution in [2.45, 2.75) is 12.8 Å². The molecule has 6 nitrogen and oxygen atoms in total. The first-order chi connectivity index (χ1) is 15.3. The van der Waals surface area contributed by atoms with Gasteiger partial charge in [-0.15, -0.1) is 0 Å². The zero-order chi connectivity index (χ0) is 21.5. The van der Waals surface area contributed by atoms with E-state index >= 15 is 0 Å². The molecule has 0 atom stereocenters. The smallest absolute Gasteiger partial charge is 0.342 e. The van der Waals surface area contributed by atoms with E-state index in [1.54, 1.807) is 18.5 Å². The van der Waals surface area contributed by atoms with Gasteiger partial charge in [0.05, 0.1) is 35.6 Å². The first-order valence-corrected chi connectivity index (χ1v) is 10.0. The van der Waals surface area contributed by atoms with E-state index in [0.717, 1.165) is 29.5 Å². The number of aromatic nitrogens is 2. The van der Waals surface area contributed by atoms with Gasteiger partial charge < -0.3 is 14.5 Å². The Morgan fingerprint density at radius 3 is 2.71 bits per heavy atom. The molecule has 1 aromatic heterocycles. The van der Waals surface area contributed by atoms with Crippen LogP contribution in [0.5, 0.6) is 0 Å². The summed E-state index contributed by atoms with van der Waals surface area (Å²) in [7, 11) is 0. The minimum absolute atomic E-state index is 0.0937. The molecule has 0 unspecified atom stereocenters. The van der Waals surface area contributed by atoms with E-state index in [9.17, 15) is 10.1 Å². The number of imidazole rings is 1. The number of H-pyrrole nitrogens is 1. The van der Waals surface area contributed by atoms with Crippen molar-refractivity contribution in [3.8, 4) is 17.2 Å². The Morgan fingerprint density at radius 1 is 1.03 bits per heavy atom. The molecule has 4 rings (SSSR count). The maximum Gasteiger partial charge on any atom is 0.342 e. The molecule has 0 aliphatic heterocycles. The molecule has 0 saturated carbocycles. The molecule has 4 aromatic rings. The molecular weight excluding hydrogens is 390 g/mol. The van der Waals surface area contributed by atoms with Gasteiger partial charge in [0, 0.05) is 0 Å². The molecular formula is C25H21N3O3. The van der Waals surface area contributed by atoms with Crippen molar-refractivity contribution in [3.63, 3.8) is 0 Å². The zero-order valence-corrected chi connectivity index (χ0v) is 16.9. The first-order valence-electron chi connectivity index (χ1n) is 10.0. The number of nitrogens with one attached hydrogen (secondary N) is 1. The molecule has 154 valence electrons. The molecule has 0 fully saturated rings. The molecule has 0 saturated heterocycles. The monoisotopic (exact) mass is 411 g/mol. The van der Waals surface area contributed by atoms with E-state index in [-0.39, 0.29) is 6.79 Å². The van der Waals surface area contributed by atoms with Crippen molar-refractivity contribution in [1.29, 1.82) is 5.26 Å². The lowest BCUT2D eigenvalue weighted by Gasteiger charge is -2.08. The van der Waals surface area contributed by atoms with Gasteiger partial charge in [0.1, 0.15) is 5.52 Å². The van der Waals surface area contributed by atoms with Crippen molar-refractivity contribution >= 4 is 17.0 Å². The third kappa shape index (κ3) is 4.80. The second-order valence-corrected chi connectivity index (χ2v) is 7.02. The van der Waals surface area contributed by atoms with Crippen molar-refractivity contribution in [3.05, 3.63) is 89.7 Å². The summed E-state index contributed by atoms with van der Waals surface area (Å²) in [5.74, 6) is -0.453. The maximum atomic E-state index is 12.2. The molecule has 6 heteroatoms. The number of hydrogen-bond acceptors (Lipinski definition) is 5. The molecule has 31 heavy (non-hydrogen) atoms. The van der Waals surface area contributed by atoms with Crippen LogP contribution in [0.25, 0.3) is 22.2 Å². The number of esters is 1. The number of ether oxygens (including phenoxy) is 2. The lowest BCUT2D eigenvalue weighted by Crippen LogP contribution is -2.10. The first kappa shape index (κ1) is 20.3. The fraction of sp³-hybridized carbons (Fsp3) is 0.160. The van der Waals surface area contributed by atoms with Gasteiger partial charge in [0.25, 0.3) is 0 Å². The minimum Gasteiger partial charge on any atom is -0.435 e. The van der Waals surface area contributed by atoms with Crippen molar-refractivity contribution in [1.82, 2.24) is 9.97 Å². The number of nitrogens with zero attached hydrogens (tertiary/aromatic N) is 2. The topological polar surface area (TPSA) is 88.0 Å². The van der Waals surface area contributed by atoms with Gasteiger partial charge in [-0.25, -0.2) is 9.78 Å². The van der Waals surface area contributed by atoms with E-state index in [1.165, 1.54) is 5.56 Å². The molecule has 0 aliphatic rings. The van der Waals surface area contributed by atoms with Gasteiger partial charge in [0.2, 0.25) is 0 Å². The van der Waals surface area contributed by atoms with Crippen LogP contribution in [0.1, 0.15) is 27.9 Å². The summed E-state index contributed by atoms with van der Waals surface area (Å²) in [6, 6.07) is 23.3. The van der Waals surface area contributed by atoms with E-state index in [4.69, 9.17) is 9.47 Å². The van der Waals surface area contributed by atoms with Crippen LogP contribution in [-0.2, 0) is 15.9 Å². The number of carbonyl (C=O) groups is 1. The summed E-state index contributed by atoms with van der Waals surface area (Å²) < 4.78 is 10.7. The molecule has 1 heterocycles. The summed E-state index contributed by atoms with van der Waals surface area (Å²) in [6.45, 7) is 0.391. The van der Waals surface area contributed by atoms with Crippen LogP contribution >= 0.6 is 0 Å². The number of aryl methyl sites for hydroxylation is 1. The average Bonchev–Trinajstić information content (AvgIpc) is 3.30. The Bertz CT molecular complexity index is 1220. The van der Waals surface area contributed by atoms with Crippen LogP contribution in [-0.4, -0.2) is 29.3 Å². The summed E-state index contributed by atoms with van der Waals surface area (Å²) in [6.07, 6.45) is 3.20. The van der Waals surface area contributed by atoms with Crippen LogP contribution in [0.4, 0.5) is 0 Å². The van der Waals surface area contributed by atoms with Crippen LogP contribution < -0.4 is 0 Å². The van der Waals surface area contributed by atoms with E-state index in [2.05, 4.69) is 28.2 Å². The maximum absolute atomic E-state index is 12.2. The predicted molar refractivity (Wildman–Crippen MR) is 117 cm³/mol. The number of para-hydroxylation sites is 1. The molecule has 3 aromatic carbocycles. The minimum atomic E-state index is -0.453. The Labute approximate surface area is 180 Å². The Balaban J connectivity index is 1.21. The zero-order valence-electron chi connectivity index (χ0n) is 16.9. The molecule has 1 N–H and O–H groups in total. The average molecular weight is 411 g/mol. The third-order valence-electron chi connectivity index (χ3n) is 5.01.